The van der Waals surface area contributed by atoms with Gasteiger partial charge in [0.15, 0.2) is 0 Å². The highest BCUT2D eigenvalue weighted by Gasteiger charge is 2.51. The van der Waals surface area contributed by atoms with Gasteiger partial charge in [-0.1, -0.05) is 12.2 Å². The van der Waals surface area contributed by atoms with Gasteiger partial charge in [0.05, 0.1) is 6.10 Å². The summed E-state index contributed by atoms with van der Waals surface area (Å²) < 4.78 is 0. The molecule has 2 aliphatic carbocycles. The molecule has 16 heavy (non-hydrogen) atoms. The van der Waals surface area contributed by atoms with E-state index in [-0.39, 0.29) is 17.9 Å². The molecule has 1 N–H and O–H groups in total. The standard InChI is InChI=1S/C14H20O2/c1-3-5-9-11-7-14(16)10(6-4-2)12(11)8-13(9)15/h3-4,9-13,15H,1-2,5-8H2/t9-,10-,11-,12-,13-/m1/s1. The van der Waals surface area contributed by atoms with E-state index >= 15 is 0 Å². The number of aliphatic hydroxyl groups excluding tert-OH is 1. The molecule has 0 heterocycles. The summed E-state index contributed by atoms with van der Waals surface area (Å²) in [6, 6.07) is 0. The lowest BCUT2D eigenvalue weighted by atomic mass is 9.86. The maximum atomic E-state index is 11.9. The number of hydrogen-bond donors (Lipinski definition) is 1. The van der Waals surface area contributed by atoms with Crippen LogP contribution in [0.4, 0.5) is 0 Å². The Bertz CT molecular complexity index is 308. The van der Waals surface area contributed by atoms with Gasteiger partial charge in [-0.05, 0) is 37.0 Å². The van der Waals surface area contributed by atoms with Crippen molar-refractivity contribution in [2.24, 2.45) is 23.7 Å². The smallest absolute Gasteiger partial charge is 0.136 e. The van der Waals surface area contributed by atoms with E-state index in [2.05, 4.69) is 13.2 Å². The van der Waals surface area contributed by atoms with Crippen LogP contribution in [0.15, 0.2) is 25.3 Å². The third kappa shape index (κ3) is 1.75. The fourth-order valence-corrected chi connectivity index (χ4v) is 3.63. The Kier molecular flexibility index (Phi) is 3.29. The second-order valence-corrected chi connectivity index (χ2v) is 5.12. The first-order valence-corrected chi connectivity index (χ1v) is 6.11. The van der Waals surface area contributed by atoms with Gasteiger partial charge in [-0.2, -0.15) is 0 Å². The molecule has 0 aliphatic heterocycles. The van der Waals surface area contributed by atoms with Crippen LogP contribution in [0.1, 0.15) is 25.7 Å². The van der Waals surface area contributed by atoms with Gasteiger partial charge in [0.1, 0.15) is 5.78 Å². The summed E-state index contributed by atoms with van der Waals surface area (Å²) in [7, 11) is 0. The van der Waals surface area contributed by atoms with Crippen LogP contribution in [0.5, 0.6) is 0 Å². The average Bonchev–Trinajstić information content (AvgIpc) is 2.69. The highest BCUT2D eigenvalue weighted by Crippen LogP contribution is 2.51. The molecular weight excluding hydrogens is 200 g/mol. The van der Waals surface area contributed by atoms with Crippen molar-refractivity contribution in [2.45, 2.75) is 31.8 Å². The van der Waals surface area contributed by atoms with Crippen molar-refractivity contribution in [2.75, 3.05) is 0 Å². The highest BCUT2D eigenvalue weighted by molar-refractivity contribution is 5.84. The molecule has 0 bridgehead atoms. The van der Waals surface area contributed by atoms with E-state index in [1.807, 2.05) is 12.2 Å². The van der Waals surface area contributed by atoms with Gasteiger partial charge in [-0.3, -0.25) is 4.79 Å². The van der Waals surface area contributed by atoms with Crippen LogP contribution in [0.3, 0.4) is 0 Å². The first-order chi connectivity index (χ1) is 7.69. The largest absolute Gasteiger partial charge is 0.393 e. The van der Waals surface area contributed by atoms with Gasteiger partial charge in [0.25, 0.3) is 0 Å². The molecule has 0 amide bonds. The van der Waals surface area contributed by atoms with E-state index in [9.17, 15) is 9.90 Å². The van der Waals surface area contributed by atoms with Gasteiger partial charge in [0, 0.05) is 12.3 Å². The number of rotatable bonds is 4. The summed E-state index contributed by atoms with van der Waals surface area (Å²) in [6.45, 7) is 7.45. The fourth-order valence-electron chi connectivity index (χ4n) is 3.63. The topological polar surface area (TPSA) is 37.3 Å². The first-order valence-electron chi connectivity index (χ1n) is 6.11. The zero-order valence-electron chi connectivity index (χ0n) is 9.64. The molecule has 2 fully saturated rings. The summed E-state index contributed by atoms with van der Waals surface area (Å²) in [5.41, 5.74) is 0. The third-order valence-electron chi connectivity index (χ3n) is 4.33. The molecule has 0 aromatic rings. The summed E-state index contributed by atoms with van der Waals surface area (Å²) in [6.07, 6.45) is 6.49. The molecule has 2 heteroatoms. The van der Waals surface area contributed by atoms with Crippen molar-refractivity contribution >= 4 is 5.78 Å². The van der Waals surface area contributed by atoms with Gasteiger partial charge < -0.3 is 5.11 Å². The lowest BCUT2D eigenvalue weighted by Gasteiger charge is -2.18. The number of allylic oxidation sites excluding steroid dienone is 2. The van der Waals surface area contributed by atoms with E-state index in [4.69, 9.17) is 0 Å². The number of carbonyl (C=O) groups is 1. The Morgan fingerprint density at radius 2 is 1.94 bits per heavy atom. The molecule has 0 saturated heterocycles. The minimum atomic E-state index is -0.242. The van der Waals surface area contributed by atoms with Crippen molar-refractivity contribution < 1.29 is 9.90 Å². The molecule has 0 aromatic carbocycles. The average molecular weight is 220 g/mol. The van der Waals surface area contributed by atoms with Crippen molar-refractivity contribution in [3.8, 4) is 0 Å². The number of Topliss-reactive ketones (excluding diaryl/α,β-unsaturated/α-hetero) is 1. The number of carbonyl (C=O) groups excluding carboxylic acids is 1. The second kappa shape index (κ2) is 4.54. The van der Waals surface area contributed by atoms with E-state index in [1.165, 1.54) is 0 Å². The number of fused-ring (bicyclic) bond motifs is 1. The SMILES string of the molecule is C=CC[C@@H]1[C@H]2CC(=O)[C@H](CC=C)[C@H]2C[C@H]1O. The molecule has 2 nitrogen and oxygen atoms in total. The monoisotopic (exact) mass is 220 g/mol. The molecule has 2 aliphatic rings. The first kappa shape index (κ1) is 11.6. The van der Waals surface area contributed by atoms with Gasteiger partial charge in [-0.15, -0.1) is 13.2 Å². The van der Waals surface area contributed by atoms with E-state index in [1.54, 1.807) is 0 Å². The third-order valence-corrected chi connectivity index (χ3v) is 4.33. The lowest BCUT2D eigenvalue weighted by Crippen LogP contribution is -2.19. The van der Waals surface area contributed by atoms with Gasteiger partial charge in [0.2, 0.25) is 0 Å². The van der Waals surface area contributed by atoms with E-state index in [0.717, 1.165) is 19.3 Å². The van der Waals surface area contributed by atoms with E-state index in [0.29, 0.717) is 24.0 Å². The van der Waals surface area contributed by atoms with E-state index < -0.39 is 0 Å². The zero-order chi connectivity index (χ0) is 11.7. The molecule has 0 spiro atoms. The van der Waals surface area contributed by atoms with Gasteiger partial charge >= 0.3 is 0 Å². The summed E-state index contributed by atoms with van der Waals surface area (Å²) in [5, 5.41) is 10.0. The predicted octanol–water partition coefficient (Wildman–Crippen LogP) is 2.34. The van der Waals surface area contributed by atoms with Crippen molar-refractivity contribution in [1.29, 1.82) is 0 Å². The fraction of sp³-hybridized carbons (Fsp3) is 0.643. The zero-order valence-corrected chi connectivity index (χ0v) is 9.64. The maximum Gasteiger partial charge on any atom is 0.136 e. The molecule has 5 atom stereocenters. The summed E-state index contributed by atoms with van der Waals surface area (Å²) in [4.78, 5) is 11.9. The van der Waals surface area contributed by atoms with Gasteiger partial charge in [-0.25, -0.2) is 0 Å². The maximum absolute atomic E-state index is 11.9. The molecule has 2 saturated carbocycles. The Morgan fingerprint density at radius 1 is 1.25 bits per heavy atom. The Hall–Kier alpha value is -0.890. The molecule has 2 rings (SSSR count). The van der Waals surface area contributed by atoms with Crippen molar-refractivity contribution in [3.63, 3.8) is 0 Å². The van der Waals surface area contributed by atoms with Crippen LogP contribution < -0.4 is 0 Å². The van der Waals surface area contributed by atoms with Crippen LogP contribution >= 0.6 is 0 Å². The minimum Gasteiger partial charge on any atom is -0.393 e. The van der Waals surface area contributed by atoms with Crippen LogP contribution in [0.2, 0.25) is 0 Å². The lowest BCUT2D eigenvalue weighted by molar-refractivity contribution is -0.121. The highest BCUT2D eigenvalue weighted by atomic mass is 16.3. The molecule has 88 valence electrons. The van der Waals surface area contributed by atoms with Crippen LogP contribution in [-0.2, 0) is 4.79 Å². The number of hydrogen-bond acceptors (Lipinski definition) is 2. The predicted molar refractivity (Wildman–Crippen MR) is 63.8 cm³/mol. The molecule has 0 radical (unpaired) electrons. The second-order valence-electron chi connectivity index (χ2n) is 5.12. The Labute approximate surface area is 97.0 Å². The Morgan fingerprint density at radius 3 is 2.56 bits per heavy atom. The quantitative estimate of drug-likeness (QED) is 0.738. The molecule has 0 aromatic heterocycles. The Balaban J connectivity index is 2.14. The van der Waals surface area contributed by atoms with Crippen molar-refractivity contribution in [1.82, 2.24) is 0 Å². The summed E-state index contributed by atoms with van der Waals surface area (Å²) in [5.74, 6) is 1.50. The summed E-state index contributed by atoms with van der Waals surface area (Å²) >= 11 is 0. The van der Waals surface area contributed by atoms with Crippen molar-refractivity contribution in [3.05, 3.63) is 25.3 Å². The van der Waals surface area contributed by atoms with Crippen LogP contribution in [-0.4, -0.2) is 17.0 Å². The number of ketones is 1. The molecular formula is C14H20O2. The number of aliphatic hydroxyl groups is 1. The normalized spacial score (nSPS) is 42.1. The minimum absolute atomic E-state index is 0.118. The van der Waals surface area contributed by atoms with Crippen LogP contribution in [0.25, 0.3) is 0 Å². The van der Waals surface area contributed by atoms with Crippen LogP contribution in [0, 0.1) is 23.7 Å². The molecule has 0 unspecified atom stereocenters.